The third kappa shape index (κ3) is 4.30. The maximum atomic E-state index is 12.3. The minimum absolute atomic E-state index is 0.0232. The number of amides is 2. The fourth-order valence-corrected chi connectivity index (χ4v) is 2.69. The number of hydrogen-bond acceptors (Lipinski definition) is 2. The molecule has 1 aliphatic rings. The van der Waals surface area contributed by atoms with Crippen molar-refractivity contribution in [3.8, 4) is 0 Å². The van der Waals surface area contributed by atoms with Crippen molar-refractivity contribution in [2.24, 2.45) is 5.92 Å². The van der Waals surface area contributed by atoms with Gasteiger partial charge in [-0.2, -0.15) is 0 Å². The first kappa shape index (κ1) is 16.0. The molecule has 0 bridgehead atoms. The molecule has 0 spiro atoms. The molecule has 1 fully saturated rings. The summed E-state index contributed by atoms with van der Waals surface area (Å²) in [5, 5.41) is 0. The van der Waals surface area contributed by atoms with Crippen molar-refractivity contribution < 1.29 is 9.59 Å². The number of carbonyl (C=O) groups excluding carboxylic acids is 2. The number of nitrogens with zero attached hydrogens (tertiary/aromatic N) is 2. The molecule has 1 aromatic carbocycles. The van der Waals surface area contributed by atoms with E-state index in [2.05, 4.69) is 15.9 Å². The molecule has 2 amide bonds. The average molecular weight is 353 g/mol. The Labute approximate surface area is 134 Å². The lowest BCUT2D eigenvalue weighted by atomic mass is 10.1. The summed E-state index contributed by atoms with van der Waals surface area (Å²) in [6.07, 6.45) is 0.422. The van der Waals surface area contributed by atoms with Gasteiger partial charge in [0, 0.05) is 36.6 Å². The predicted molar refractivity (Wildman–Crippen MR) is 85.8 cm³/mol. The van der Waals surface area contributed by atoms with E-state index in [0.29, 0.717) is 32.6 Å². The van der Waals surface area contributed by atoms with Crippen molar-refractivity contribution in [3.63, 3.8) is 0 Å². The summed E-state index contributed by atoms with van der Waals surface area (Å²) in [6, 6.07) is 7.81. The van der Waals surface area contributed by atoms with Crippen LogP contribution >= 0.6 is 15.9 Å². The van der Waals surface area contributed by atoms with Gasteiger partial charge in [0.05, 0.1) is 6.42 Å². The van der Waals surface area contributed by atoms with Crippen LogP contribution in [0.5, 0.6) is 0 Å². The van der Waals surface area contributed by atoms with Gasteiger partial charge in [-0.3, -0.25) is 9.59 Å². The Bertz CT molecular complexity index is 506. The summed E-state index contributed by atoms with van der Waals surface area (Å²) in [5.74, 6) is 0.332. The fraction of sp³-hybridized carbons (Fsp3) is 0.500. The van der Waals surface area contributed by atoms with Gasteiger partial charge in [0.1, 0.15) is 0 Å². The zero-order valence-corrected chi connectivity index (χ0v) is 14.1. The van der Waals surface area contributed by atoms with E-state index in [1.807, 2.05) is 47.9 Å². The highest BCUT2D eigenvalue weighted by molar-refractivity contribution is 9.10. The maximum absolute atomic E-state index is 12.3. The summed E-state index contributed by atoms with van der Waals surface area (Å²) in [4.78, 5) is 27.9. The van der Waals surface area contributed by atoms with E-state index < -0.39 is 0 Å². The molecule has 1 saturated heterocycles. The molecule has 21 heavy (non-hydrogen) atoms. The van der Waals surface area contributed by atoms with Crippen molar-refractivity contribution in [2.45, 2.75) is 20.3 Å². The molecule has 2 rings (SSSR count). The standard InChI is InChI=1S/C16H21BrN2O2/c1-12(2)16(21)19-9-7-18(8-10-19)15(20)11-13-3-5-14(17)6-4-13/h3-6,12H,7-11H2,1-2H3. The molecule has 1 aromatic rings. The maximum Gasteiger partial charge on any atom is 0.227 e. The smallest absolute Gasteiger partial charge is 0.227 e. The van der Waals surface area contributed by atoms with E-state index in [9.17, 15) is 9.59 Å². The van der Waals surface area contributed by atoms with Crippen molar-refractivity contribution in [2.75, 3.05) is 26.2 Å². The van der Waals surface area contributed by atoms with Gasteiger partial charge < -0.3 is 9.80 Å². The SMILES string of the molecule is CC(C)C(=O)N1CCN(C(=O)Cc2ccc(Br)cc2)CC1. The minimum Gasteiger partial charge on any atom is -0.339 e. The van der Waals surface area contributed by atoms with Crippen LogP contribution in [0.25, 0.3) is 0 Å². The Morgan fingerprint density at radius 3 is 2.10 bits per heavy atom. The normalized spacial score (nSPS) is 15.4. The third-order valence-electron chi connectivity index (χ3n) is 3.71. The van der Waals surface area contributed by atoms with Gasteiger partial charge in [0.25, 0.3) is 0 Å². The molecule has 0 aliphatic carbocycles. The van der Waals surface area contributed by atoms with Gasteiger partial charge in [0.2, 0.25) is 11.8 Å². The minimum atomic E-state index is 0.0232. The summed E-state index contributed by atoms with van der Waals surface area (Å²) >= 11 is 3.39. The first-order valence-corrected chi connectivity index (χ1v) is 8.07. The van der Waals surface area contributed by atoms with Gasteiger partial charge in [-0.25, -0.2) is 0 Å². The lowest BCUT2D eigenvalue weighted by Crippen LogP contribution is -2.51. The number of hydrogen-bond donors (Lipinski definition) is 0. The molecular weight excluding hydrogens is 332 g/mol. The first-order chi connectivity index (χ1) is 9.97. The van der Waals surface area contributed by atoms with Gasteiger partial charge in [-0.15, -0.1) is 0 Å². The highest BCUT2D eigenvalue weighted by Crippen LogP contribution is 2.13. The lowest BCUT2D eigenvalue weighted by Gasteiger charge is -2.35. The molecular formula is C16H21BrN2O2. The largest absolute Gasteiger partial charge is 0.339 e. The molecule has 0 N–H and O–H groups in total. The summed E-state index contributed by atoms with van der Waals surface area (Å²) in [6.45, 7) is 6.37. The van der Waals surface area contributed by atoms with Crippen molar-refractivity contribution in [1.29, 1.82) is 0 Å². The summed E-state index contributed by atoms with van der Waals surface area (Å²) < 4.78 is 1.01. The van der Waals surface area contributed by atoms with Crippen LogP contribution in [-0.2, 0) is 16.0 Å². The van der Waals surface area contributed by atoms with Crippen molar-refractivity contribution in [3.05, 3.63) is 34.3 Å². The zero-order chi connectivity index (χ0) is 15.4. The average Bonchev–Trinajstić information content (AvgIpc) is 2.49. The summed E-state index contributed by atoms with van der Waals surface area (Å²) in [7, 11) is 0. The second-order valence-corrected chi connectivity index (χ2v) is 6.58. The Kier molecular flexibility index (Phi) is 5.39. The van der Waals surface area contributed by atoms with E-state index in [-0.39, 0.29) is 17.7 Å². The summed E-state index contributed by atoms with van der Waals surface area (Å²) in [5.41, 5.74) is 1.02. The van der Waals surface area contributed by atoms with Crippen LogP contribution in [0.2, 0.25) is 0 Å². The quantitative estimate of drug-likeness (QED) is 0.837. The molecule has 1 aliphatic heterocycles. The van der Waals surface area contributed by atoms with Gasteiger partial charge in [0.15, 0.2) is 0 Å². The van der Waals surface area contributed by atoms with Gasteiger partial charge in [-0.1, -0.05) is 41.9 Å². The number of halogens is 1. The first-order valence-electron chi connectivity index (χ1n) is 7.28. The number of piperazine rings is 1. The Balaban J connectivity index is 1.86. The van der Waals surface area contributed by atoms with Crippen LogP contribution in [0, 0.1) is 5.92 Å². The van der Waals surface area contributed by atoms with Crippen LogP contribution in [0.4, 0.5) is 0 Å². The third-order valence-corrected chi connectivity index (χ3v) is 4.24. The van der Waals surface area contributed by atoms with Crippen LogP contribution in [0.15, 0.2) is 28.7 Å². The second-order valence-electron chi connectivity index (χ2n) is 5.66. The number of rotatable bonds is 3. The van der Waals surface area contributed by atoms with Crippen LogP contribution < -0.4 is 0 Å². The van der Waals surface area contributed by atoms with E-state index in [4.69, 9.17) is 0 Å². The molecule has 0 atom stereocenters. The van der Waals surface area contributed by atoms with E-state index in [1.165, 1.54) is 0 Å². The molecule has 0 unspecified atom stereocenters. The second kappa shape index (κ2) is 7.07. The number of benzene rings is 1. The molecule has 4 nitrogen and oxygen atoms in total. The molecule has 114 valence electrons. The zero-order valence-electron chi connectivity index (χ0n) is 12.5. The molecule has 0 aromatic heterocycles. The van der Waals surface area contributed by atoms with Crippen molar-refractivity contribution in [1.82, 2.24) is 9.80 Å². The number of carbonyl (C=O) groups is 2. The highest BCUT2D eigenvalue weighted by atomic mass is 79.9. The predicted octanol–water partition coefficient (Wildman–Crippen LogP) is 2.32. The monoisotopic (exact) mass is 352 g/mol. The topological polar surface area (TPSA) is 40.6 Å². The van der Waals surface area contributed by atoms with Crippen LogP contribution in [0.3, 0.4) is 0 Å². The fourth-order valence-electron chi connectivity index (χ4n) is 2.43. The lowest BCUT2D eigenvalue weighted by molar-refractivity contribution is -0.141. The Morgan fingerprint density at radius 1 is 1.05 bits per heavy atom. The van der Waals surface area contributed by atoms with Crippen LogP contribution in [0.1, 0.15) is 19.4 Å². The highest BCUT2D eigenvalue weighted by Gasteiger charge is 2.25. The van der Waals surface area contributed by atoms with E-state index in [0.717, 1.165) is 10.0 Å². The Morgan fingerprint density at radius 2 is 1.57 bits per heavy atom. The van der Waals surface area contributed by atoms with Gasteiger partial charge in [-0.05, 0) is 17.7 Å². The molecule has 0 radical (unpaired) electrons. The molecule has 5 heteroatoms. The van der Waals surface area contributed by atoms with E-state index in [1.54, 1.807) is 0 Å². The van der Waals surface area contributed by atoms with Gasteiger partial charge >= 0.3 is 0 Å². The Hall–Kier alpha value is -1.36. The van der Waals surface area contributed by atoms with Crippen LogP contribution in [-0.4, -0.2) is 47.8 Å². The van der Waals surface area contributed by atoms with Crippen molar-refractivity contribution >= 4 is 27.7 Å². The molecule has 0 saturated carbocycles. The van der Waals surface area contributed by atoms with E-state index >= 15 is 0 Å². The molecule has 1 heterocycles.